The average molecular weight is 412 g/mol. The van der Waals surface area contributed by atoms with Crippen LogP contribution in [-0.2, 0) is 4.74 Å². The lowest BCUT2D eigenvalue weighted by Crippen LogP contribution is -2.52. The van der Waals surface area contributed by atoms with Gasteiger partial charge in [0.25, 0.3) is 11.6 Å². The van der Waals surface area contributed by atoms with Crippen LogP contribution in [0.15, 0.2) is 48.5 Å². The van der Waals surface area contributed by atoms with Crippen molar-refractivity contribution in [2.45, 2.75) is 39.0 Å². The zero-order chi connectivity index (χ0) is 21.7. The SMILES string of the molecule is C[C@@H]1CN([C@H](C)CNC(=O)c2ccc(Nc3ccccc3)c([N+](=O)[O-])c2)C[C@@H](C)O1. The fourth-order valence-electron chi connectivity index (χ4n) is 3.66. The van der Waals surface area contributed by atoms with Gasteiger partial charge in [0.1, 0.15) is 5.69 Å². The number of anilines is 2. The Kier molecular flexibility index (Phi) is 7.02. The predicted octanol–water partition coefficient (Wildman–Crippen LogP) is 3.57. The molecule has 3 rings (SSSR count). The van der Waals surface area contributed by atoms with Gasteiger partial charge < -0.3 is 15.4 Å². The number of morpholine rings is 1. The number of nitro benzene ring substituents is 1. The lowest BCUT2D eigenvalue weighted by Gasteiger charge is -2.39. The monoisotopic (exact) mass is 412 g/mol. The van der Waals surface area contributed by atoms with Gasteiger partial charge in [-0.15, -0.1) is 0 Å². The lowest BCUT2D eigenvalue weighted by molar-refractivity contribution is -0.383. The molecule has 0 radical (unpaired) electrons. The molecule has 0 spiro atoms. The zero-order valence-electron chi connectivity index (χ0n) is 17.5. The molecule has 8 nitrogen and oxygen atoms in total. The Morgan fingerprint density at radius 1 is 1.20 bits per heavy atom. The van der Waals surface area contributed by atoms with Crippen molar-refractivity contribution in [1.82, 2.24) is 10.2 Å². The molecular weight excluding hydrogens is 384 g/mol. The lowest BCUT2D eigenvalue weighted by atomic mass is 10.1. The first-order valence-corrected chi connectivity index (χ1v) is 10.1. The maximum absolute atomic E-state index is 12.6. The zero-order valence-corrected chi connectivity index (χ0v) is 17.5. The van der Waals surface area contributed by atoms with Crippen LogP contribution in [-0.4, -0.2) is 53.6 Å². The Labute approximate surface area is 176 Å². The first-order chi connectivity index (χ1) is 14.3. The van der Waals surface area contributed by atoms with Gasteiger partial charge in [-0.1, -0.05) is 18.2 Å². The summed E-state index contributed by atoms with van der Waals surface area (Å²) in [6.07, 6.45) is 0.304. The first kappa shape index (κ1) is 21.7. The number of nitrogens with zero attached hydrogens (tertiary/aromatic N) is 2. The summed E-state index contributed by atoms with van der Waals surface area (Å²) in [5.74, 6) is -0.328. The predicted molar refractivity (Wildman–Crippen MR) is 116 cm³/mol. The van der Waals surface area contributed by atoms with E-state index in [1.54, 1.807) is 12.1 Å². The summed E-state index contributed by atoms with van der Waals surface area (Å²) >= 11 is 0. The molecule has 30 heavy (non-hydrogen) atoms. The number of carbonyl (C=O) groups excluding carboxylic acids is 1. The molecule has 2 N–H and O–H groups in total. The molecule has 1 heterocycles. The molecule has 0 aromatic heterocycles. The van der Waals surface area contributed by atoms with Crippen LogP contribution in [0.3, 0.4) is 0 Å². The van der Waals surface area contributed by atoms with Crippen LogP contribution >= 0.6 is 0 Å². The number of rotatable bonds is 7. The highest BCUT2D eigenvalue weighted by molar-refractivity contribution is 5.96. The summed E-state index contributed by atoms with van der Waals surface area (Å²) < 4.78 is 5.75. The van der Waals surface area contributed by atoms with Crippen LogP contribution < -0.4 is 10.6 Å². The Morgan fingerprint density at radius 2 is 1.87 bits per heavy atom. The quantitative estimate of drug-likeness (QED) is 0.533. The number of nitrogens with one attached hydrogen (secondary N) is 2. The highest BCUT2D eigenvalue weighted by atomic mass is 16.6. The summed E-state index contributed by atoms with van der Waals surface area (Å²) in [6, 6.07) is 13.8. The molecule has 8 heteroatoms. The smallest absolute Gasteiger partial charge is 0.293 e. The topological polar surface area (TPSA) is 96.7 Å². The maximum Gasteiger partial charge on any atom is 0.293 e. The molecule has 1 amide bonds. The normalized spacial score (nSPS) is 20.4. The summed E-state index contributed by atoms with van der Waals surface area (Å²) in [7, 11) is 0. The Morgan fingerprint density at radius 3 is 2.50 bits per heavy atom. The molecule has 0 bridgehead atoms. The maximum atomic E-state index is 12.6. The van der Waals surface area contributed by atoms with Gasteiger partial charge in [-0.25, -0.2) is 0 Å². The number of ether oxygens (including phenoxy) is 1. The van der Waals surface area contributed by atoms with Gasteiger partial charge in [0.15, 0.2) is 0 Å². The number of benzene rings is 2. The van der Waals surface area contributed by atoms with Crippen molar-refractivity contribution < 1.29 is 14.5 Å². The van der Waals surface area contributed by atoms with E-state index in [1.807, 2.05) is 44.2 Å². The van der Waals surface area contributed by atoms with E-state index >= 15 is 0 Å². The molecule has 0 unspecified atom stereocenters. The number of hydrogen-bond acceptors (Lipinski definition) is 6. The van der Waals surface area contributed by atoms with Gasteiger partial charge in [0, 0.05) is 43.0 Å². The Hall–Kier alpha value is -2.97. The molecule has 0 aliphatic carbocycles. The number of amides is 1. The summed E-state index contributed by atoms with van der Waals surface area (Å²) in [6.45, 7) is 8.21. The van der Waals surface area contributed by atoms with Crippen LogP contribution in [0.5, 0.6) is 0 Å². The second kappa shape index (κ2) is 9.69. The van der Waals surface area contributed by atoms with Gasteiger partial charge in [-0.05, 0) is 45.0 Å². The van der Waals surface area contributed by atoms with E-state index < -0.39 is 4.92 Å². The highest BCUT2D eigenvalue weighted by Gasteiger charge is 2.26. The van der Waals surface area contributed by atoms with Gasteiger partial charge in [-0.2, -0.15) is 0 Å². The molecule has 3 atom stereocenters. The highest BCUT2D eigenvalue weighted by Crippen LogP contribution is 2.28. The van der Waals surface area contributed by atoms with E-state index in [0.717, 1.165) is 18.8 Å². The standard InChI is InChI=1S/C22H28N4O4/c1-15(25-13-16(2)30-17(3)14-25)12-23-22(27)18-9-10-20(21(11-18)26(28)29)24-19-7-5-4-6-8-19/h4-11,15-17,24H,12-14H2,1-3H3,(H,23,27)/t15-,16-,17-/m1/s1. The van der Waals surface area contributed by atoms with Crippen molar-refractivity contribution >= 4 is 23.0 Å². The molecule has 160 valence electrons. The fourth-order valence-corrected chi connectivity index (χ4v) is 3.66. The van der Waals surface area contributed by atoms with Crippen LogP contribution in [0.25, 0.3) is 0 Å². The minimum Gasteiger partial charge on any atom is -0.373 e. The molecule has 1 aliphatic heterocycles. The van der Waals surface area contributed by atoms with Crippen molar-refractivity contribution in [3.8, 4) is 0 Å². The van der Waals surface area contributed by atoms with Crippen LogP contribution in [0.1, 0.15) is 31.1 Å². The number of para-hydroxylation sites is 1. The second-order valence-corrected chi connectivity index (χ2v) is 7.75. The van der Waals surface area contributed by atoms with E-state index in [9.17, 15) is 14.9 Å². The molecule has 1 saturated heterocycles. The van der Waals surface area contributed by atoms with Crippen molar-refractivity contribution in [2.24, 2.45) is 0 Å². The van der Waals surface area contributed by atoms with Gasteiger partial charge in [-0.3, -0.25) is 19.8 Å². The third kappa shape index (κ3) is 5.55. The van der Waals surface area contributed by atoms with E-state index in [2.05, 4.69) is 22.5 Å². The number of hydrogen-bond donors (Lipinski definition) is 2. The minimum atomic E-state index is -0.485. The van der Waals surface area contributed by atoms with Crippen molar-refractivity contribution in [3.63, 3.8) is 0 Å². The average Bonchev–Trinajstić information content (AvgIpc) is 2.72. The molecule has 1 fully saturated rings. The van der Waals surface area contributed by atoms with E-state index in [4.69, 9.17) is 4.74 Å². The van der Waals surface area contributed by atoms with Gasteiger partial charge in [0.2, 0.25) is 0 Å². The van der Waals surface area contributed by atoms with E-state index in [-0.39, 0.29) is 35.4 Å². The summed E-state index contributed by atoms with van der Waals surface area (Å²) in [5, 5.41) is 17.5. The van der Waals surface area contributed by atoms with Crippen LogP contribution in [0.2, 0.25) is 0 Å². The van der Waals surface area contributed by atoms with E-state index in [0.29, 0.717) is 12.2 Å². The molecule has 0 saturated carbocycles. The largest absolute Gasteiger partial charge is 0.373 e. The second-order valence-electron chi connectivity index (χ2n) is 7.75. The van der Waals surface area contributed by atoms with Gasteiger partial charge >= 0.3 is 0 Å². The van der Waals surface area contributed by atoms with Crippen molar-refractivity contribution in [3.05, 3.63) is 64.2 Å². The minimum absolute atomic E-state index is 0.136. The summed E-state index contributed by atoms with van der Waals surface area (Å²) in [4.78, 5) is 25.9. The fraction of sp³-hybridized carbons (Fsp3) is 0.409. The summed E-state index contributed by atoms with van der Waals surface area (Å²) in [5.41, 5.74) is 1.19. The van der Waals surface area contributed by atoms with Crippen LogP contribution in [0.4, 0.5) is 17.1 Å². The third-order valence-electron chi connectivity index (χ3n) is 5.14. The van der Waals surface area contributed by atoms with Crippen LogP contribution in [0, 0.1) is 10.1 Å². The van der Waals surface area contributed by atoms with Gasteiger partial charge in [0.05, 0.1) is 17.1 Å². The van der Waals surface area contributed by atoms with Crippen molar-refractivity contribution in [2.75, 3.05) is 25.0 Å². The molecular formula is C22H28N4O4. The first-order valence-electron chi connectivity index (χ1n) is 10.1. The molecule has 2 aromatic carbocycles. The van der Waals surface area contributed by atoms with E-state index in [1.165, 1.54) is 6.07 Å². The Balaban J connectivity index is 1.65. The third-order valence-corrected chi connectivity index (χ3v) is 5.14. The Bertz CT molecular complexity index is 880. The number of nitro groups is 1. The molecule has 2 aromatic rings. The molecule has 1 aliphatic rings. The van der Waals surface area contributed by atoms with Crippen molar-refractivity contribution in [1.29, 1.82) is 0 Å². The number of carbonyl (C=O) groups is 1.